The Kier molecular flexibility index (Phi) is 7.20. The van der Waals surface area contributed by atoms with Crippen LogP contribution < -0.4 is 15.8 Å². The quantitative estimate of drug-likeness (QED) is 0.238. The lowest BCUT2D eigenvalue weighted by Gasteiger charge is -2.43. The third kappa shape index (κ3) is 4.16. The van der Waals surface area contributed by atoms with E-state index in [1.807, 2.05) is 0 Å². The largest absolute Gasteiger partial charge is 0.460 e. The average molecular weight is 523 g/mol. The summed E-state index contributed by atoms with van der Waals surface area (Å²) in [6, 6.07) is -7.68. The lowest BCUT2D eigenvalue weighted by Crippen LogP contribution is -2.80. The zero-order valence-electron chi connectivity index (χ0n) is 14.3. The molecule has 3 nitrogen and oxygen atoms in total. The molecule has 0 fully saturated rings. The van der Waals surface area contributed by atoms with Gasteiger partial charge in [-0.25, -0.2) is 4.98 Å². The van der Waals surface area contributed by atoms with Crippen molar-refractivity contribution in [2.24, 2.45) is 10.8 Å². The second-order valence-electron chi connectivity index (χ2n) is 6.04. The highest BCUT2D eigenvalue weighted by molar-refractivity contribution is 6.71. The van der Waals surface area contributed by atoms with Crippen molar-refractivity contribution < 1.29 is 74.6 Å². The zero-order chi connectivity index (χ0) is 25.9. The van der Waals surface area contributed by atoms with Crippen LogP contribution in [0.2, 0.25) is 6.04 Å². The van der Waals surface area contributed by atoms with Gasteiger partial charge in [0.05, 0.1) is 0 Å². The van der Waals surface area contributed by atoms with Crippen LogP contribution in [0.1, 0.15) is 6.92 Å². The van der Waals surface area contributed by atoms with Gasteiger partial charge in [0, 0.05) is 0 Å². The standard InChI is InChI=1S/C10H10F17N3Si/c1-2-31(28,29)30-10(26,27)8(21,22)6(17,18)4(13,14)3(11,12)5(15,16)7(19,20)9(23,24)25/h30H,2,28-29H2,1H3. The molecular formula is C10H10F17N3Si. The van der Waals surface area contributed by atoms with E-state index in [2.05, 4.69) is 0 Å². The maximum atomic E-state index is 13.5. The first kappa shape index (κ1) is 29.9. The molecule has 31 heavy (non-hydrogen) atoms. The monoisotopic (exact) mass is 523 g/mol. The Morgan fingerprint density at radius 1 is 0.516 bits per heavy atom. The second-order valence-corrected chi connectivity index (χ2v) is 9.08. The number of hydrogen-bond donors (Lipinski definition) is 3. The van der Waals surface area contributed by atoms with E-state index in [1.54, 1.807) is 0 Å². The fourth-order valence-electron chi connectivity index (χ4n) is 1.62. The topological polar surface area (TPSA) is 64.1 Å². The molecule has 0 bridgehead atoms. The van der Waals surface area contributed by atoms with Gasteiger partial charge in [-0.15, -0.1) is 0 Å². The number of halogens is 17. The highest BCUT2D eigenvalue weighted by Gasteiger charge is 2.95. The van der Waals surface area contributed by atoms with Crippen molar-refractivity contribution in [1.29, 1.82) is 0 Å². The number of rotatable bonds is 9. The summed E-state index contributed by atoms with van der Waals surface area (Å²) in [5.41, 5.74) is 0. The molecule has 5 N–H and O–H groups in total. The van der Waals surface area contributed by atoms with Gasteiger partial charge in [0.2, 0.25) is 0 Å². The van der Waals surface area contributed by atoms with E-state index in [9.17, 15) is 74.6 Å². The Labute approximate surface area is 161 Å². The van der Waals surface area contributed by atoms with Crippen LogP contribution >= 0.6 is 0 Å². The molecule has 0 amide bonds. The first-order chi connectivity index (χ1) is 13.0. The van der Waals surface area contributed by atoms with E-state index in [1.165, 1.54) is 0 Å². The van der Waals surface area contributed by atoms with Gasteiger partial charge in [-0.05, 0) is 6.04 Å². The third-order valence-electron chi connectivity index (χ3n) is 3.70. The molecular weight excluding hydrogens is 513 g/mol. The van der Waals surface area contributed by atoms with E-state index in [0.717, 1.165) is 6.92 Å². The predicted octanol–water partition coefficient (Wildman–Crippen LogP) is 4.42. The maximum Gasteiger partial charge on any atom is 0.460 e. The van der Waals surface area contributed by atoms with E-state index in [0.29, 0.717) is 0 Å². The van der Waals surface area contributed by atoms with Crippen LogP contribution in [0.3, 0.4) is 0 Å². The van der Waals surface area contributed by atoms with Crippen molar-refractivity contribution in [2.45, 2.75) is 60.7 Å². The van der Waals surface area contributed by atoms with Crippen LogP contribution in [0.4, 0.5) is 74.6 Å². The zero-order valence-corrected chi connectivity index (χ0v) is 15.3. The molecule has 21 heteroatoms. The Bertz CT molecular complexity index is 655. The molecule has 0 aliphatic rings. The summed E-state index contributed by atoms with van der Waals surface area (Å²) < 4.78 is 221. The molecule has 0 aliphatic carbocycles. The first-order valence-electron chi connectivity index (χ1n) is 7.10. The van der Waals surface area contributed by atoms with Crippen molar-refractivity contribution >= 4 is 8.56 Å². The van der Waals surface area contributed by atoms with Gasteiger partial charge in [-0.2, -0.15) is 74.6 Å². The van der Waals surface area contributed by atoms with E-state index in [-0.39, 0.29) is 4.98 Å². The lowest BCUT2D eigenvalue weighted by molar-refractivity contribution is -0.462. The van der Waals surface area contributed by atoms with Crippen molar-refractivity contribution in [3.8, 4) is 0 Å². The Morgan fingerprint density at radius 2 is 0.774 bits per heavy atom. The van der Waals surface area contributed by atoms with Crippen LogP contribution in [0, 0.1) is 0 Å². The van der Waals surface area contributed by atoms with Crippen LogP contribution in [0.5, 0.6) is 0 Å². The average Bonchev–Trinajstić information content (AvgIpc) is 2.51. The molecule has 0 spiro atoms. The molecule has 0 aromatic heterocycles. The van der Waals surface area contributed by atoms with Crippen LogP contribution in [-0.4, -0.2) is 56.3 Å². The normalized spacial score (nSPS) is 16.6. The fourth-order valence-corrected chi connectivity index (χ4v) is 2.54. The van der Waals surface area contributed by atoms with Gasteiger partial charge < -0.3 is 10.8 Å². The highest BCUT2D eigenvalue weighted by atomic mass is 28.4. The van der Waals surface area contributed by atoms with Gasteiger partial charge >= 0.3 is 47.8 Å². The van der Waals surface area contributed by atoms with Gasteiger partial charge in [-0.1, -0.05) is 6.92 Å². The van der Waals surface area contributed by atoms with Crippen molar-refractivity contribution in [3.05, 3.63) is 0 Å². The van der Waals surface area contributed by atoms with Crippen LogP contribution in [-0.2, 0) is 0 Å². The Morgan fingerprint density at radius 3 is 1.03 bits per heavy atom. The summed E-state index contributed by atoms with van der Waals surface area (Å²) in [5, 5.41) is 9.56. The van der Waals surface area contributed by atoms with E-state index < -0.39 is 62.4 Å². The van der Waals surface area contributed by atoms with Gasteiger partial charge in [0.25, 0.3) is 8.56 Å². The molecule has 0 atom stereocenters. The summed E-state index contributed by atoms with van der Waals surface area (Å²) in [5.74, 6) is -50.2. The fraction of sp³-hybridized carbons (Fsp3) is 1.00. The SMILES string of the molecule is CC[Si](N)(N)NC(F)(F)C(F)(F)C(F)(F)C(F)(F)C(F)(F)C(F)(F)C(F)(F)C(F)(F)F. The number of alkyl halides is 17. The number of nitrogens with one attached hydrogen (secondary N) is 1. The summed E-state index contributed by atoms with van der Waals surface area (Å²) in [6.45, 7) is 0.772. The molecule has 188 valence electrons. The summed E-state index contributed by atoms with van der Waals surface area (Å²) in [7, 11) is -4.86. The number of hydrogen-bond acceptors (Lipinski definition) is 3. The summed E-state index contributed by atoms with van der Waals surface area (Å²) >= 11 is 0. The highest BCUT2D eigenvalue weighted by Crippen LogP contribution is 2.63. The summed E-state index contributed by atoms with van der Waals surface area (Å²) in [4.78, 5) is 0.0827. The third-order valence-corrected chi connectivity index (χ3v) is 5.65. The number of nitrogens with two attached hydrogens (primary N) is 2. The van der Waals surface area contributed by atoms with Crippen molar-refractivity contribution in [1.82, 2.24) is 4.98 Å². The molecule has 0 heterocycles. The van der Waals surface area contributed by atoms with Gasteiger partial charge in [0.15, 0.2) is 0 Å². The van der Waals surface area contributed by atoms with Crippen LogP contribution in [0.15, 0.2) is 0 Å². The lowest BCUT2D eigenvalue weighted by atomic mass is 9.90. The molecule has 0 rings (SSSR count). The predicted molar refractivity (Wildman–Crippen MR) is 68.4 cm³/mol. The minimum absolute atomic E-state index is 0.0827. The molecule has 0 aromatic carbocycles. The summed E-state index contributed by atoms with van der Waals surface area (Å²) in [6.07, 6.45) is -7.79. The minimum Gasteiger partial charge on any atom is -0.327 e. The Balaban J connectivity index is 6.70. The van der Waals surface area contributed by atoms with Crippen molar-refractivity contribution in [3.63, 3.8) is 0 Å². The molecule has 0 aromatic rings. The minimum atomic E-state index is -8.66. The Hall–Kier alpha value is -1.09. The van der Waals surface area contributed by atoms with E-state index in [4.69, 9.17) is 10.8 Å². The molecule has 0 radical (unpaired) electrons. The molecule has 0 aliphatic heterocycles. The maximum absolute atomic E-state index is 13.5. The molecule has 0 saturated carbocycles. The van der Waals surface area contributed by atoms with Gasteiger partial charge in [0.1, 0.15) is 0 Å². The molecule has 0 unspecified atom stereocenters. The molecule has 0 saturated heterocycles. The van der Waals surface area contributed by atoms with Crippen LogP contribution in [0.25, 0.3) is 0 Å². The van der Waals surface area contributed by atoms with Gasteiger partial charge in [-0.3, -0.25) is 0 Å². The smallest absolute Gasteiger partial charge is 0.327 e. The first-order valence-corrected chi connectivity index (χ1v) is 9.46. The second kappa shape index (κ2) is 7.47. The van der Waals surface area contributed by atoms with Crippen molar-refractivity contribution in [2.75, 3.05) is 0 Å². The van der Waals surface area contributed by atoms with E-state index >= 15 is 0 Å².